The van der Waals surface area contributed by atoms with Gasteiger partial charge in [0, 0.05) is 25.1 Å². The van der Waals surface area contributed by atoms with Crippen molar-refractivity contribution in [1.29, 1.82) is 0 Å². The predicted molar refractivity (Wildman–Crippen MR) is 116 cm³/mol. The molecule has 1 aliphatic rings. The monoisotopic (exact) mass is 435 g/mol. The molecular formula is C22H21N5O3S. The molecule has 1 aliphatic heterocycles. The van der Waals surface area contributed by atoms with E-state index in [-0.39, 0.29) is 5.91 Å². The van der Waals surface area contributed by atoms with Crippen molar-refractivity contribution in [2.24, 2.45) is 0 Å². The summed E-state index contributed by atoms with van der Waals surface area (Å²) < 4.78 is 10.8. The van der Waals surface area contributed by atoms with Crippen molar-refractivity contribution in [1.82, 2.24) is 25.3 Å². The van der Waals surface area contributed by atoms with E-state index in [1.165, 1.54) is 0 Å². The summed E-state index contributed by atoms with van der Waals surface area (Å²) in [7, 11) is 1.66. The van der Waals surface area contributed by atoms with Crippen LogP contribution in [0.15, 0.2) is 53.1 Å². The molecule has 31 heavy (non-hydrogen) atoms. The van der Waals surface area contributed by atoms with Crippen molar-refractivity contribution in [2.45, 2.75) is 18.8 Å². The van der Waals surface area contributed by atoms with Gasteiger partial charge in [0.25, 0.3) is 5.91 Å². The minimum absolute atomic E-state index is 0.0699. The number of hydrogen-bond donors (Lipinski definition) is 1. The molecule has 5 rings (SSSR count). The largest absolute Gasteiger partial charge is 0.496 e. The molecule has 0 saturated carbocycles. The van der Waals surface area contributed by atoms with E-state index in [0.29, 0.717) is 36.2 Å². The molecule has 0 unspecified atom stereocenters. The van der Waals surface area contributed by atoms with Crippen molar-refractivity contribution >= 4 is 17.2 Å². The summed E-state index contributed by atoms with van der Waals surface area (Å²) in [6, 6.07) is 13.2. The van der Waals surface area contributed by atoms with Gasteiger partial charge in [-0.25, -0.2) is 0 Å². The number of carbonyl (C=O) groups is 1. The molecule has 1 aromatic carbocycles. The lowest BCUT2D eigenvalue weighted by Gasteiger charge is -2.30. The number of amides is 1. The molecule has 4 aromatic rings. The number of piperidine rings is 1. The van der Waals surface area contributed by atoms with E-state index in [1.807, 2.05) is 35.2 Å². The molecule has 9 heteroatoms. The van der Waals surface area contributed by atoms with Crippen LogP contribution in [-0.2, 0) is 0 Å². The number of H-pyrrole nitrogens is 1. The minimum Gasteiger partial charge on any atom is -0.496 e. The van der Waals surface area contributed by atoms with E-state index in [0.717, 1.165) is 34.2 Å². The lowest BCUT2D eigenvalue weighted by molar-refractivity contribution is 0.0707. The molecule has 0 spiro atoms. The second-order valence-electron chi connectivity index (χ2n) is 7.36. The van der Waals surface area contributed by atoms with Crippen LogP contribution in [-0.4, -0.2) is 51.4 Å². The fraction of sp³-hybridized carbons (Fsp3) is 0.273. The summed E-state index contributed by atoms with van der Waals surface area (Å²) >= 11 is 1.60. The standard InChI is InChI=1S/C22H21N5O3S/c1-29-18-6-3-2-5-15(18)21-26-25-20(31-21)14-8-10-27(11-9-14)22(28)17-13-16(23-24-17)19-7-4-12-30-19/h2-7,12-14H,8-11H2,1H3,(H,23,24). The Labute approximate surface area is 182 Å². The van der Waals surface area contributed by atoms with Gasteiger partial charge >= 0.3 is 0 Å². The molecule has 1 saturated heterocycles. The van der Waals surface area contributed by atoms with Crippen LogP contribution in [0.3, 0.4) is 0 Å². The number of nitrogens with one attached hydrogen (secondary N) is 1. The molecule has 158 valence electrons. The number of nitrogens with zero attached hydrogens (tertiary/aromatic N) is 4. The van der Waals surface area contributed by atoms with Crippen LogP contribution in [0.5, 0.6) is 5.75 Å². The zero-order valence-corrected chi connectivity index (χ0v) is 17.8. The van der Waals surface area contributed by atoms with Gasteiger partial charge in [-0.15, -0.1) is 10.2 Å². The van der Waals surface area contributed by atoms with Crippen LogP contribution in [0, 0.1) is 0 Å². The number of para-hydroxylation sites is 1. The molecule has 3 aromatic heterocycles. The third kappa shape index (κ3) is 3.84. The molecule has 4 heterocycles. The summed E-state index contributed by atoms with van der Waals surface area (Å²) in [5.41, 5.74) is 2.05. The topological polar surface area (TPSA) is 97.1 Å². The Morgan fingerprint density at radius 3 is 2.81 bits per heavy atom. The molecule has 1 N–H and O–H groups in total. The molecule has 8 nitrogen and oxygen atoms in total. The van der Waals surface area contributed by atoms with Crippen molar-refractivity contribution in [3.63, 3.8) is 0 Å². The van der Waals surface area contributed by atoms with Crippen LogP contribution >= 0.6 is 11.3 Å². The van der Waals surface area contributed by atoms with Crippen molar-refractivity contribution < 1.29 is 13.9 Å². The highest BCUT2D eigenvalue weighted by Crippen LogP contribution is 2.36. The second-order valence-corrected chi connectivity index (χ2v) is 8.37. The Hall–Kier alpha value is -3.46. The Morgan fingerprint density at radius 2 is 2.03 bits per heavy atom. The average Bonchev–Trinajstić information content (AvgIpc) is 3.60. The quantitative estimate of drug-likeness (QED) is 0.504. The lowest BCUT2D eigenvalue weighted by atomic mass is 9.97. The number of carbonyl (C=O) groups excluding carboxylic acids is 1. The molecular weight excluding hydrogens is 414 g/mol. The number of aromatic nitrogens is 4. The number of likely N-dealkylation sites (tertiary alicyclic amines) is 1. The van der Waals surface area contributed by atoms with Crippen LogP contribution in [0.4, 0.5) is 0 Å². The Kier molecular flexibility index (Phi) is 5.25. The number of ether oxygens (including phenoxy) is 1. The van der Waals surface area contributed by atoms with Crippen molar-refractivity contribution in [2.75, 3.05) is 20.2 Å². The van der Waals surface area contributed by atoms with E-state index in [2.05, 4.69) is 20.4 Å². The third-order valence-corrected chi connectivity index (χ3v) is 6.61. The fourth-order valence-electron chi connectivity index (χ4n) is 3.81. The molecule has 1 amide bonds. The van der Waals surface area contributed by atoms with Crippen LogP contribution in [0.2, 0.25) is 0 Å². The summed E-state index contributed by atoms with van der Waals surface area (Å²) in [6.45, 7) is 1.33. The number of hydrogen-bond acceptors (Lipinski definition) is 7. The molecule has 0 atom stereocenters. The van der Waals surface area contributed by atoms with Gasteiger partial charge in [-0.05, 0) is 37.1 Å². The first-order chi connectivity index (χ1) is 15.2. The van der Waals surface area contributed by atoms with Crippen LogP contribution < -0.4 is 4.74 Å². The van der Waals surface area contributed by atoms with Crippen molar-refractivity contribution in [3.8, 4) is 27.8 Å². The van der Waals surface area contributed by atoms with Gasteiger partial charge in [-0.3, -0.25) is 9.89 Å². The van der Waals surface area contributed by atoms with Crippen LogP contribution in [0.1, 0.15) is 34.3 Å². The fourth-order valence-corrected chi connectivity index (χ4v) is 4.85. The summed E-state index contributed by atoms with van der Waals surface area (Å²) in [6.07, 6.45) is 3.29. The van der Waals surface area contributed by atoms with Gasteiger partial charge in [0.2, 0.25) is 0 Å². The van der Waals surface area contributed by atoms with E-state index in [4.69, 9.17) is 9.15 Å². The molecule has 1 fully saturated rings. The molecule has 0 bridgehead atoms. The zero-order valence-electron chi connectivity index (χ0n) is 16.9. The number of benzene rings is 1. The Balaban J connectivity index is 1.24. The van der Waals surface area contributed by atoms with Crippen LogP contribution in [0.25, 0.3) is 22.0 Å². The number of aromatic amines is 1. The average molecular weight is 436 g/mol. The first-order valence-electron chi connectivity index (χ1n) is 10.1. The van der Waals surface area contributed by atoms with E-state index in [1.54, 1.807) is 36.8 Å². The van der Waals surface area contributed by atoms with Gasteiger partial charge in [-0.1, -0.05) is 23.5 Å². The molecule has 0 aliphatic carbocycles. The van der Waals surface area contributed by atoms with E-state index in [9.17, 15) is 4.79 Å². The Morgan fingerprint density at radius 1 is 1.19 bits per heavy atom. The maximum absolute atomic E-state index is 12.9. The van der Waals surface area contributed by atoms with Gasteiger partial charge in [0.1, 0.15) is 16.5 Å². The highest BCUT2D eigenvalue weighted by Gasteiger charge is 2.28. The zero-order chi connectivity index (χ0) is 21.2. The third-order valence-electron chi connectivity index (χ3n) is 5.49. The summed E-state index contributed by atoms with van der Waals surface area (Å²) in [5, 5.41) is 17.7. The lowest BCUT2D eigenvalue weighted by Crippen LogP contribution is -2.38. The Bertz CT molecular complexity index is 1180. The van der Waals surface area contributed by atoms with Gasteiger partial charge in [0.15, 0.2) is 16.5 Å². The minimum atomic E-state index is -0.0699. The van der Waals surface area contributed by atoms with Gasteiger partial charge in [-0.2, -0.15) is 5.10 Å². The predicted octanol–water partition coefficient (Wildman–Crippen LogP) is 4.22. The first-order valence-corrected chi connectivity index (χ1v) is 10.9. The maximum atomic E-state index is 12.9. The highest BCUT2D eigenvalue weighted by molar-refractivity contribution is 7.14. The smallest absolute Gasteiger partial charge is 0.274 e. The number of furan rings is 1. The van der Waals surface area contributed by atoms with Crippen molar-refractivity contribution in [3.05, 3.63) is 59.4 Å². The van der Waals surface area contributed by atoms with Gasteiger partial charge < -0.3 is 14.1 Å². The second kappa shape index (κ2) is 8.35. The number of methoxy groups -OCH3 is 1. The van der Waals surface area contributed by atoms with E-state index >= 15 is 0 Å². The summed E-state index contributed by atoms with van der Waals surface area (Å²) in [5.74, 6) is 1.67. The van der Waals surface area contributed by atoms with Gasteiger partial charge in [0.05, 0.1) is 18.9 Å². The molecule has 0 radical (unpaired) electrons. The van der Waals surface area contributed by atoms with E-state index < -0.39 is 0 Å². The maximum Gasteiger partial charge on any atom is 0.274 e. The normalized spacial score (nSPS) is 14.7. The highest BCUT2D eigenvalue weighted by atomic mass is 32.1. The summed E-state index contributed by atoms with van der Waals surface area (Å²) in [4.78, 5) is 14.7. The first kappa shape index (κ1) is 19.5. The number of rotatable bonds is 5. The SMILES string of the molecule is COc1ccccc1-c1nnc(C2CCN(C(=O)c3cc(-c4ccco4)[nH]n3)CC2)s1.